The quantitative estimate of drug-likeness (QED) is 0.858. The van der Waals surface area contributed by atoms with Crippen molar-refractivity contribution in [2.75, 3.05) is 23.5 Å². The van der Waals surface area contributed by atoms with Crippen molar-refractivity contribution in [1.29, 1.82) is 0 Å². The van der Waals surface area contributed by atoms with Gasteiger partial charge in [-0.2, -0.15) is 0 Å². The highest BCUT2D eigenvalue weighted by Gasteiger charge is 2.38. The maximum atomic E-state index is 12.6. The lowest BCUT2D eigenvalue weighted by molar-refractivity contribution is -0.143. The summed E-state index contributed by atoms with van der Waals surface area (Å²) in [5, 5.41) is 6.23. The molecule has 0 radical (unpaired) electrons. The molecular weight excluding hydrogens is 322 g/mol. The average molecular weight is 350 g/mol. The SMILES string of the molecule is CCNCc1cccc(NC(=O)C2CSCN2C(=O)C(C)(C)C)c1. The van der Waals surface area contributed by atoms with E-state index in [4.69, 9.17) is 0 Å². The van der Waals surface area contributed by atoms with E-state index in [9.17, 15) is 9.59 Å². The Morgan fingerprint density at radius 2 is 2.08 bits per heavy atom. The molecule has 2 amide bonds. The minimum atomic E-state index is -0.477. The van der Waals surface area contributed by atoms with E-state index in [0.29, 0.717) is 11.6 Å². The zero-order valence-corrected chi connectivity index (χ0v) is 15.7. The van der Waals surface area contributed by atoms with Gasteiger partial charge in [0, 0.05) is 23.4 Å². The van der Waals surface area contributed by atoms with Crippen molar-refractivity contribution in [3.8, 4) is 0 Å². The highest BCUT2D eigenvalue weighted by molar-refractivity contribution is 7.99. The second-order valence-corrected chi connectivity index (χ2v) is 8.01. The fraction of sp³-hybridized carbons (Fsp3) is 0.556. The molecule has 0 aromatic heterocycles. The summed E-state index contributed by atoms with van der Waals surface area (Å²) in [6, 6.07) is 7.41. The van der Waals surface area contributed by atoms with Crippen molar-refractivity contribution in [3.63, 3.8) is 0 Å². The Morgan fingerprint density at radius 1 is 1.33 bits per heavy atom. The van der Waals surface area contributed by atoms with Crippen LogP contribution in [0, 0.1) is 5.41 Å². The summed E-state index contributed by atoms with van der Waals surface area (Å²) in [6.45, 7) is 9.39. The van der Waals surface area contributed by atoms with Crippen LogP contribution < -0.4 is 10.6 Å². The van der Waals surface area contributed by atoms with Crippen molar-refractivity contribution >= 4 is 29.3 Å². The lowest BCUT2D eigenvalue weighted by atomic mass is 9.94. The predicted molar refractivity (Wildman–Crippen MR) is 99.9 cm³/mol. The van der Waals surface area contributed by atoms with E-state index in [2.05, 4.69) is 17.6 Å². The molecule has 1 aromatic carbocycles. The molecule has 1 unspecified atom stereocenters. The Kier molecular flexibility index (Phi) is 6.29. The molecule has 2 rings (SSSR count). The molecule has 2 N–H and O–H groups in total. The first-order chi connectivity index (χ1) is 11.3. The number of thioether (sulfide) groups is 1. The third kappa shape index (κ3) is 4.74. The van der Waals surface area contributed by atoms with Gasteiger partial charge >= 0.3 is 0 Å². The lowest BCUT2D eigenvalue weighted by Gasteiger charge is -2.29. The Labute approximate surface area is 148 Å². The third-order valence-electron chi connectivity index (χ3n) is 3.86. The van der Waals surface area contributed by atoms with Gasteiger partial charge in [0.25, 0.3) is 0 Å². The molecule has 1 atom stereocenters. The zero-order chi connectivity index (χ0) is 17.7. The summed E-state index contributed by atoms with van der Waals surface area (Å²) in [6.07, 6.45) is 0. The van der Waals surface area contributed by atoms with Crippen molar-refractivity contribution in [1.82, 2.24) is 10.2 Å². The Bertz CT molecular complexity index is 598. The summed E-state index contributed by atoms with van der Waals surface area (Å²) < 4.78 is 0. The Morgan fingerprint density at radius 3 is 2.75 bits per heavy atom. The lowest BCUT2D eigenvalue weighted by Crippen LogP contribution is -2.48. The maximum absolute atomic E-state index is 12.6. The van der Waals surface area contributed by atoms with Gasteiger partial charge in [0.2, 0.25) is 11.8 Å². The largest absolute Gasteiger partial charge is 0.324 e. The van der Waals surface area contributed by atoms with Gasteiger partial charge in [0.1, 0.15) is 6.04 Å². The minimum Gasteiger partial charge on any atom is -0.324 e. The molecule has 0 bridgehead atoms. The second kappa shape index (κ2) is 8.03. The highest BCUT2D eigenvalue weighted by Crippen LogP contribution is 2.28. The van der Waals surface area contributed by atoms with Crippen molar-refractivity contribution in [2.45, 2.75) is 40.3 Å². The second-order valence-electron chi connectivity index (χ2n) is 7.01. The van der Waals surface area contributed by atoms with Gasteiger partial charge in [0.15, 0.2) is 0 Å². The first-order valence-corrected chi connectivity index (χ1v) is 9.47. The summed E-state index contributed by atoms with van der Waals surface area (Å²) in [7, 11) is 0. The van der Waals surface area contributed by atoms with E-state index in [1.54, 1.807) is 16.7 Å². The highest BCUT2D eigenvalue weighted by atomic mass is 32.2. The monoisotopic (exact) mass is 349 g/mol. The van der Waals surface area contributed by atoms with Crippen LogP contribution in [-0.2, 0) is 16.1 Å². The number of hydrogen-bond acceptors (Lipinski definition) is 4. The standard InChI is InChI=1S/C18H27N3O2S/c1-5-19-10-13-7-6-8-14(9-13)20-16(22)15-11-24-12-21(15)17(23)18(2,3)4/h6-9,15,19H,5,10-12H2,1-4H3,(H,20,22). The average Bonchev–Trinajstić information content (AvgIpc) is 3.01. The molecule has 6 heteroatoms. The van der Waals surface area contributed by atoms with Crippen molar-refractivity contribution < 1.29 is 9.59 Å². The van der Waals surface area contributed by atoms with Crippen LogP contribution in [0.15, 0.2) is 24.3 Å². The molecule has 1 aliphatic heterocycles. The molecule has 5 nitrogen and oxygen atoms in total. The number of rotatable bonds is 5. The normalized spacial score (nSPS) is 17.8. The first kappa shape index (κ1) is 18.8. The van der Waals surface area contributed by atoms with Crippen LogP contribution in [0.4, 0.5) is 5.69 Å². The topological polar surface area (TPSA) is 61.4 Å². The third-order valence-corrected chi connectivity index (χ3v) is 4.87. The molecular formula is C18H27N3O2S. The molecule has 0 spiro atoms. The minimum absolute atomic E-state index is 0.0218. The van der Waals surface area contributed by atoms with Crippen molar-refractivity contribution in [2.24, 2.45) is 5.41 Å². The van der Waals surface area contributed by atoms with Gasteiger partial charge in [-0.3, -0.25) is 9.59 Å². The van der Waals surface area contributed by atoms with E-state index < -0.39 is 11.5 Å². The van der Waals surface area contributed by atoms with E-state index >= 15 is 0 Å². The molecule has 0 aliphatic carbocycles. The summed E-state index contributed by atoms with van der Waals surface area (Å²) in [5.41, 5.74) is 1.42. The number of carbonyl (C=O) groups excluding carboxylic acids is 2. The van der Waals surface area contributed by atoms with Gasteiger partial charge in [0.05, 0.1) is 5.88 Å². The number of nitrogens with one attached hydrogen (secondary N) is 2. The van der Waals surface area contributed by atoms with Crippen LogP contribution in [0.3, 0.4) is 0 Å². The van der Waals surface area contributed by atoms with Gasteiger partial charge in [-0.25, -0.2) is 0 Å². The Balaban J connectivity index is 2.05. The first-order valence-electron chi connectivity index (χ1n) is 8.32. The zero-order valence-electron chi connectivity index (χ0n) is 14.9. The van der Waals surface area contributed by atoms with E-state index in [0.717, 1.165) is 24.3 Å². The van der Waals surface area contributed by atoms with Gasteiger partial charge in [-0.15, -0.1) is 11.8 Å². The fourth-order valence-electron chi connectivity index (χ4n) is 2.54. The maximum Gasteiger partial charge on any atom is 0.248 e. The fourth-order valence-corrected chi connectivity index (χ4v) is 3.70. The van der Waals surface area contributed by atoms with E-state index in [1.165, 1.54) is 0 Å². The Hall–Kier alpha value is -1.53. The number of carbonyl (C=O) groups is 2. The number of nitrogens with zero attached hydrogens (tertiary/aromatic N) is 1. The molecule has 1 fully saturated rings. The van der Waals surface area contributed by atoms with Gasteiger partial charge in [-0.1, -0.05) is 39.8 Å². The van der Waals surface area contributed by atoms with Gasteiger partial charge < -0.3 is 15.5 Å². The molecule has 1 aromatic rings. The van der Waals surface area contributed by atoms with Crippen LogP contribution in [-0.4, -0.2) is 40.9 Å². The molecule has 1 aliphatic rings. The number of hydrogen-bond donors (Lipinski definition) is 2. The van der Waals surface area contributed by atoms with Crippen LogP contribution in [0.25, 0.3) is 0 Å². The number of benzene rings is 1. The molecule has 1 heterocycles. The molecule has 24 heavy (non-hydrogen) atoms. The van der Waals surface area contributed by atoms with Gasteiger partial charge in [-0.05, 0) is 24.2 Å². The van der Waals surface area contributed by atoms with Crippen LogP contribution in [0.1, 0.15) is 33.3 Å². The smallest absolute Gasteiger partial charge is 0.248 e. The molecule has 0 saturated carbocycles. The van der Waals surface area contributed by atoms with Crippen LogP contribution in [0.5, 0.6) is 0 Å². The van der Waals surface area contributed by atoms with Crippen LogP contribution in [0.2, 0.25) is 0 Å². The number of amides is 2. The molecule has 132 valence electrons. The molecule has 1 saturated heterocycles. The summed E-state index contributed by atoms with van der Waals surface area (Å²) in [4.78, 5) is 26.9. The predicted octanol–water partition coefficient (Wildman–Crippen LogP) is 2.68. The number of anilines is 1. The summed E-state index contributed by atoms with van der Waals surface area (Å²) >= 11 is 1.62. The van der Waals surface area contributed by atoms with Crippen LogP contribution >= 0.6 is 11.8 Å². The van der Waals surface area contributed by atoms with E-state index in [1.807, 2.05) is 45.0 Å². The van der Waals surface area contributed by atoms with E-state index in [-0.39, 0.29) is 11.8 Å². The summed E-state index contributed by atoms with van der Waals surface area (Å²) in [5.74, 6) is 1.13. The van der Waals surface area contributed by atoms with Crippen molar-refractivity contribution in [3.05, 3.63) is 29.8 Å².